The fourth-order valence-electron chi connectivity index (χ4n) is 4.20. The van der Waals surface area contributed by atoms with Crippen molar-refractivity contribution in [2.75, 3.05) is 0 Å². The smallest absolute Gasteiger partial charge is 0.165 e. The Kier molecular flexibility index (Phi) is 24.6. The molecule has 0 spiro atoms. The number of unbranched alkanes of at least 4 members (excludes halogenated alkanes) is 19. The Labute approximate surface area is 195 Å². The van der Waals surface area contributed by atoms with E-state index in [1.54, 1.807) is 6.08 Å². The number of allylic oxidation sites excluding steroid dienone is 2. The highest BCUT2D eigenvalue weighted by Crippen LogP contribution is 2.15. The molecule has 0 heterocycles. The van der Waals surface area contributed by atoms with E-state index >= 15 is 0 Å². The molecule has 0 saturated carbocycles. The van der Waals surface area contributed by atoms with Crippen LogP contribution >= 0.6 is 0 Å². The van der Waals surface area contributed by atoms with Crippen LogP contribution in [0, 0.1) is 5.92 Å². The Balaban J connectivity index is 3.56. The van der Waals surface area contributed by atoms with E-state index in [1.165, 1.54) is 109 Å². The van der Waals surface area contributed by atoms with Gasteiger partial charge in [0.15, 0.2) is 5.78 Å². The average molecular weight is 435 g/mol. The lowest BCUT2D eigenvalue weighted by Gasteiger charge is -2.07. The molecule has 0 rings (SSSR count). The maximum absolute atomic E-state index is 12.2. The van der Waals surface area contributed by atoms with Gasteiger partial charge >= 0.3 is 0 Å². The fraction of sp³-hybridized carbons (Fsp3) is 0.862. The predicted octanol–water partition coefficient (Wildman–Crippen LogP) is 9.55. The Morgan fingerprint density at radius 1 is 0.581 bits per heavy atom. The summed E-state index contributed by atoms with van der Waals surface area (Å²) < 4.78 is 0. The number of carbonyl (C=O) groups excluding carboxylic acids is 2. The third-order valence-electron chi connectivity index (χ3n) is 6.40. The summed E-state index contributed by atoms with van der Waals surface area (Å²) >= 11 is 0. The van der Waals surface area contributed by atoms with E-state index in [2.05, 4.69) is 13.8 Å². The maximum Gasteiger partial charge on any atom is 0.165 e. The lowest BCUT2D eigenvalue weighted by molar-refractivity contribution is -0.124. The summed E-state index contributed by atoms with van der Waals surface area (Å²) in [5.74, 6) is -0.407. The molecule has 1 atom stereocenters. The zero-order valence-electron chi connectivity index (χ0n) is 21.2. The van der Waals surface area contributed by atoms with Gasteiger partial charge in [0.2, 0.25) is 0 Å². The van der Waals surface area contributed by atoms with Crippen molar-refractivity contribution in [3.8, 4) is 0 Å². The van der Waals surface area contributed by atoms with Crippen molar-refractivity contribution in [2.24, 2.45) is 5.92 Å². The van der Waals surface area contributed by atoms with E-state index in [9.17, 15) is 9.59 Å². The Hall–Kier alpha value is -0.920. The third-order valence-corrected chi connectivity index (χ3v) is 6.40. The summed E-state index contributed by atoms with van der Waals surface area (Å²) in [6, 6.07) is 0. The molecule has 1 unspecified atom stereocenters. The molecule has 0 aliphatic heterocycles. The SMILES string of the molecule is CCCCCCCCCCCC=CC(=O)C(C=O)CCCCCCCCCCCCC. The third kappa shape index (κ3) is 22.1. The van der Waals surface area contributed by atoms with Gasteiger partial charge in [0, 0.05) is 0 Å². The minimum absolute atomic E-state index is 0.0120. The molecule has 0 aromatic carbocycles. The van der Waals surface area contributed by atoms with Crippen LogP contribution in [0.5, 0.6) is 0 Å². The van der Waals surface area contributed by atoms with Gasteiger partial charge < -0.3 is 4.79 Å². The van der Waals surface area contributed by atoms with Crippen LogP contribution in [0.4, 0.5) is 0 Å². The van der Waals surface area contributed by atoms with Gasteiger partial charge in [-0.2, -0.15) is 0 Å². The molecule has 0 N–H and O–H groups in total. The van der Waals surface area contributed by atoms with E-state index in [4.69, 9.17) is 0 Å². The minimum atomic E-state index is -0.419. The quantitative estimate of drug-likeness (QED) is 0.0620. The standard InChI is InChI=1S/C29H54O2/c1-3-5-7-9-11-13-15-17-19-21-23-25-28(27-30)29(31)26-24-22-20-18-16-14-12-10-8-6-4-2/h24,26-28H,3-23,25H2,1-2H3. The van der Waals surface area contributed by atoms with E-state index < -0.39 is 5.92 Å². The predicted molar refractivity (Wildman–Crippen MR) is 137 cm³/mol. The van der Waals surface area contributed by atoms with Crippen molar-refractivity contribution in [1.82, 2.24) is 0 Å². The Morgan fingerprint density at radius 3 is 1.39 bits per heavy atom. The first-order valence-corrected chi connectivity index (χ1v) is 13.9. The first-order chi connectivity index (χ1) is 15.3. The van der Waals surface area contributed by atoms with E-state index in [0.29, 0.717) is 0 Å². The lowest BCUT2D eigenvalue weighted by Crippen LogP contribution is -2.13. The zero-order valence-corrected chi connectivity index (χ0v) is 21.2. The van der Waals surface area contributed by atoms with Gasteiger partial charge in [-0.3, -0.25) is 4.79 Å². The van der Waals surface area contributed by atoms with Gasteiger partial charge in [0.05, 0.1) is 5.92 Å². The molecule has 0 amide bonds. The number of rotatable bonds is 25. The molecule has 2 heteroatoms. The van der Waals surface area contributed by atoms with Crippen LogP contribution in [0.2, 0.25) is 0 Å². The van der Waals surface area contributed by atoms with Gasteiger partial charge in [-0.1, -0.05) is 142 Å². The number of ketones is 1. The van der Waals surface area contributed by atoms with E-state index in [-0.39, 0.29) is 5.78 Å². The van der Waals surface area contributed by atoms with Crippen molar-refractivity contribution in [3.05, 3.63) is 12.2 Å². The highest BCUT2D eigenvalue weighted by Gasteiger charge is 2.14. The van der Waals surface area contributed by atoms with E-state index in [1.807, 2.05) is 6.08 Å². The second-order valence-corrected chi connectivity index (χ2v) is 9.49. The normalized spacial score (nSPS) is 12.5. The largest absolute Gasteiger partial charge is 0.303 e. The van der Waals surface area contributed by atoms with Gasteiger partial charge in [-0.25, -0.2) is 0 Å². The minimum Gasteiger partial charge on any atom is -0.303 e. The summed E-state index contributed by atoms with van der Waals surface area (Å²) in [7, 11) is 0. The first kappa shape index (κ1) is 30.1. The Morgan fingerprint density at radius 2 is 0.968 bits per heavy atom. The van der Waals surface area contributed by atoms with Crippen molar-refractivity contribution in [1.29, 1.82) is 0 Å². The number of aldehydes is 1. The number of hydrogen-bond acceptors (Lipinski definition) is 2. The second kappa shape index (κ2) is 25.3. The van der Waals surface area contributed by atoms with Crippen LogP contribution in [0.25, 0.3) is 0 Å². The van der Waals surface area contributed by atoms with Crippen LogP contribution in [-0.2, 0) is 9.59 Å². The van der Waals surface area contributed by atoms with Crippen LogP contribution in [0.1, 0.15) is 155 Å². The summed E-state index contributed by atoms with van der Waals surface area (Å²) in [5.41, 5.74) is 0. The summed E-state index contributed by atoms with van der Waals surface area (Å²) in [6.45, 7) is 4.52. The number of hydrogen-bond donors (Lipinski definition) is 0. The first-order valence-electron chi connectivity index (χ1n) is 13.9. The second-order valence-electron chi connectivity index (χ2n) is 9.49. The van der Waals surface area contributed by atoms with Crippen LogP contribution < -0.4 is 0 Å². The molecule has 182 valence electrons. The number of carbonyl (C=O) groups is 2. The highest BCUT2D eigenvalue weighted by atomic mass is 16.1. The van der Waals surface area contributed by atoms with Gasteiger partial charge in [-0.05, 0) is 25.3 Å². The molecule has 0 saturated heterocycles. The maximum atomic E-state index is 12.2. The fourth-order valence-corrected chi connectivity index (χ4v) is 4.20. The Bertz CT molecular complexity index is 413. The van der Waals surface area contributed by atoms with Crippen molar-refractivity contribution >= 4 is 12.1 Å². The van der Waals surface area contributed by atoms with Crippen molar-refractivity contribution < 1.29 is 9.59 Å². The molecule has 2 nitrogen and oxygen atoms in total. The van der Waals surface area contributed by atoms with Crippen LogP contribution in [0.3, 0.4) is 0 Å². The molecule has 0 bridgehead atoms. The topological polar surface area (TPSA) is 34.1 Å². The van der Waals surface area contributed by atoms with Gasteiger partial charge in [-0.15, -0.1) is 0 Å². The monoisotopic (exact) mass is 434 g/mol. The zero-order chi connectivity index (χ0) is 22.8. The highest BCUT2D eigenvalue weighted by molar-refractivity contribution is 6.00. The average Bonchev–Trinajstić information content (AvgIpc) is 2.78. The molecular weight excluding hydrogens is 380 g/mol. The van der Waals surface area contributed by atoms with Crippen LogP contribution in [0.15, 0.2) is 12.2 Å². The van der Waals surface area contributed by atoms with Crippen molar-refractivity contribution in [2.45, 2.75) is 155 Å². The molecule has 0 radical (unpaired) electrons. The molecule has 0 aliphatic rings. The summed E-state index contributed by atoms with van der Waals surface area (Å²) in [5, 5.41) is 0. The molecule has 0 aliphatic carbocycles. The molecule has 0 fully saturated rings. The van der Waals surface area contributed by atoms with Crippen LogP contribution in [-0.4, -0.2) is 12.1 Å². The van der Waals surface area contributed by atoms with E-state index in [0.717, 1.165) is 38.4 Å². The van der Waals surface area contributed by atoms with Gasteiger partial charge in [0.1, 0.15) is 6.29 Å². The molecule has 0 aromatic heterocycles. The summed E-state index contributed by atoms with van der Waals surface area (Å²) in [6.07, 6.45) is 32.4. The van der Waals surface area contributed by atoms with Crippen molar-refractivity contribution in [3.63, 3.8) is 0 Å². The molecule has 31 heavy (non-hydrogen) atoms. The summed E-state index contributed by atoms with van der Waals surface area (Å²) in [4.78, 5) is 23.5. The molecule has 0 aromatic rings. The molecular formula is C29H54O2. The van der Waals surface area contributed by atoms with Gasteiger partial charge in [0.25, 0.3) is 0 Å². The lowest BCUT2D eigenvalue weighted by atomic mass is 9.96.